The van der Waals surface area contributed by atoms with E-state index in [1.165, 1.54) is 4.68 Å². The summed E-state index contributed by atoms with van der Waals surface area (Å²) in [6, 6.07) is 13.1. The monoisotopic (exact) mass is 463 g/mol. The molecule has 8 heteroatoms. The SMILES string of the molecule is CC(C)CC(=O)Nc1ccc(C(=O)COC(=O)c2nn(CC(C)C)c(=O)c3ccccc23)cc1. The summed E-state index contributed by atoms with van der Waals surface area (Å²) in [7, 11) is 0. The third kappa shape index (κ3) is 6.15. The highest BCUT2D eigenvalue weighted by Crippen LogP contribution is 2.16. The van der Waals surface area contributed by atoms with Crippen molar-refractivity contribution < 1.29 is 19.1 Å². The Hall–Kier alpha value is -3.81. The fourth-order valence-corrected chi connectivity index (χ4v) is 3.46. The molecule has 1 heterocycles. The summed E-state index contributed by atoms with van der Waals surface area (Å²) in [6.45, 7) is 7.68. The smallest absolute Gasteiger partial charge is 0.359 e. The minimum Gasteiger partial charge on any atom is -0.452 e. The maximum Gasteiger partial charge on any atom is 0.359 e. The van der Waals surface area contributed by atoms with E-state index < -0.39 is 18.4 Å². The van der Waals surface area contributed by atoms with Gasteiger partial charge in [-0.2, -0.15) is 5.10 Å². The number of anilines is 1. The Labute approximate surface area is 197 Å². The number of hydrogen-bond acceptors (Lipinski definition) is 6. The van der Waals surface area contributed by atoms with Crippen LogP contribution >= 0.6 is 0 Å². The molecule has 178 valence electrons. The van der Waals surface area contributed by atoms with Crippen molar-refractivity contribution in [2.75, 3.05) is 11.9 Å². The fraction of sp³-hybridized carbons (Fsp3) is 0.346. The molecule has 0 unspecified atom stereocenters. The van der Waals surface area contributed by atoms with Crippen LogP contribution in [0.5, 0.6) is 0 Å². The zero-order valence-corrected chi connectivity index (χ0v) is 19.8. The Kier molecular flexibility index (Phi) is 7.94. The van der Waals surface area contributed by atoms with E-state index in [1.807, 2.05) is 27.7 Å². The van der Waals surface area contributed by atoms with Gasteiger partial charge in [-0.1, -0.05) is 45.9 Å². The van der Waals surface area contributed by atoms with Crippen LogP contribution in [0.3, 0.4) is 0 Å². The molecule has 3 rings (SSSR count). The summed E-state index contributed by atoms with van der Waals surface area (Å²) in [6.07, 6.45) is 0.407. The van der Waals surface area contributed by atoms with E-state index in [0.717, 1.165) is 0 Å². The number of ether oxygens (including phenoxy) is 1. The highest BCUT2D eigenvalue weighted by molar-refractivity contribution is 6.04. The van der Waals surface area contributed by atoms with Crippen LogP contribution in [-0.2, 0) is 16.1 Å². The summed E-state index contributed by atoms with van der Waals surface area (Å²) < 4.78 is 6.52. The van der Waals surface area contributed by atoms with Gasteiger partial charge >= 0.3 is 5.97 Å². The number of amides is 1. The van der Waals surface area contributed by atoms with Gasteiger partial charge in [0.2, 0.25) is 5.91 Å². The third-order valence-electron chi connectivity index (χ3n) is 5.02. The highest BCUT2D eigenvalue weighted by Gasteiger charge is 2.20. The molecule has 0 bridgehead atoms. The first-order valence-corrected chi connectivity index (χ1v) is 11.3. The molecule has 8 nitrogen and oxygen atoms in total. The molecule has 0 radical (unpaired) electrons. The molecule has 1 amide bonds. The van der Waals surface area contributed by atoms with Gasteiger partial charge in [0.25, 0.3) is 5.56 Å². The minimum absolute atomic E-state index is 0.00753. The number of hydrogen-bond donors (Lipinski definition) is 1. The Morgan fingerprint density at radius 2 is 1.59 bits per heavy atom. The predicted octanol–water partition coefficient (Wildman–Crippen LogP) is 4.08. The normalized spacial score (nSPS) is 11.1. The van der Waals surface area contributed by atoms with Gasteiger partial charge in [0.1, 0.15) is 0 Å². The van der Waals surface area contributed by atoms with Gasteiger partial charge < -0.3 is 10.1 Å². The van der Waals surface area contributed by atoms with E-state index >= 15 is 0 Å². The lowest BCUT2D eigenvalue weighted by Gasteiger charge is -2.12. The summed E-state index contributed by atoms with van der Waals surface area (Å²) in [5, 5.41) is 7.76. The number of carbonyl (C=O) groups is 3. The molecule has 3 aromatic rings. The first-order valence-electron chi connectivity index (χ1n) is 11.3. The van der Waals surface area contributed by atoms with E-state index in [2.05, 4.69) is 10.4 Å². The van der Waals surface area contributed by atoms with Gasteiger partial charge in [-0.3, -0.25) is 14.4 Å². The number of fused-ring (bicyclic) bond motifs is 1. The number of aromatic nitrogens is 2. The van der Waals surface area contributed by atoms with E-state index in [1.54, 1.807) is 48.5 Å². The van der Waals surface area contributed by atoms with E-state index in [9.17, 15) is 19.2 Å². The zero-order valence-electron chi connectivity index (χ0n) is 19.8. The number of nitrogens with zero attached hydrogens (tertiary/aromatic N) is 2. The fourth-order valence-electron chi connectivity index (χ4n) is 3.46. The van der Waals surface area contributed by atoms with Crippen molar-refractivity contribution in [2.24, 2.45) is 11.8 Å². The largest absolute Gasteiger partial charge is 0.452 e. The van der Waals surface area contributed by atoms with Gasteiger partial charge in [0.15, 0.2) is 18.1 Å². The molecule has 0 saturated carbocycles. The highest BCUT2D eigenvalue weighted by atomic mass is 16.5. The van der Waals surface area contributed by atoms with Gasteiger partial charge in [-0.15, -0.1) is 0 Å². The molecular weight excluding hydrogens is 434 g/mol. The van der Waals surface area contributed by atoms with Crippen molar-refractivity contribution in [3.8, 4) is 0 Å². The number of nitrogens with one attached hydrogen (secondary N) is 1. The Bertz CT molecular complexity index is 1260. The molecule has 1 aromatic heterocycles. The molecule has 0 spiro atoms. The average Bonchev–Trinajstić information content (AvgIpc) is 2.78. The number of esters is 1. The van der Waals surface area contributed by atoms with Gasteiger partial charge in [-0.25, -0.2) is 9.48 Å². The standard InChI is InChI=1S/C26H29N3O5/c1-16(2)13-23(31)27-19-11-9-18(10-12-19)22(30)15-34-26(33)24-20-7-5-6-8-21(20)25(32)29(28-24)14-17(3)4/h5-12,16-17H,13-15H2,1-4H3,(H,27,31). The van der Waals surface area contributed by atoms with Crippen molar-refractivity contribution in [3.05, 3.63) is 70.1 Å². The molecule has 34 heavy (non-hydrogen) atoms. The second kappa shape index (κ2) is 10.9. The molecular formula is C26H29N3O5. The molecule has 0 fully saturated rings. The van der Waals surface area contributed by atoms with Crippen molar-refractivity contribution >= 4 is 34.1 Å². The van der Waals surface area contributed by atoms with E-state index in [-0.39, 0.29) is 29.0 Å². The first-order chi connectivity index (χ1) is 16.2. The number of carbonyl (C=O) groups excluding carboxylic acids is 3. The summed E-state index contributed by atoms with van der Waals surface area (Å²) >= 11 is 0. The summed E-state index contributed by atoms with van der Waals surface area (Å²) in [5.74, 6) is -0.879. The van der Waals surface area contributed by atoms with Crippen LogP contribution < -0.4 is 10.9 Å². The lowest BCUT2D eigenvalue weighted by Crippen LogP contribution is -2.28. The predicted molar refractivity (Wildman–Crippen MR) is 130 cm³/mol. The molecule has 0 aliphatic heterocycles. The summed E-state index contributed by atoms with van der Waals surface area (Å²) in [4.78, 5) is 49.9. The molecule has 1 N–H and O–H groups in total. The Morgan fingerprint density at radius 3 is 2.21 bits per heavy atom. The average molecular weight is 464 g/mol. The molecule has 2 aromatic carbocycles. The van der Waals surface area contributed by atoms with Gasteiger partial charge in [0, 0.05) is 29.6 Å². The van der Waals surface area contributed by atoms with Crippen molar-refractivity contribution in [3.63, 3.8) is 0 Å². The minimum atomic E-state index is -0.778. The quantitative estimate of drug-likeness (QED) is 0.379. The van der Waals surface area contributed by atoms with Crippen LogP contribution in [-0.4, -0.2) is 34.0 Å². The molecule has 0 atom stereocenters. The molecule has 0 aliphatic rings. The Morgan fingerprint density at radius 1 is 0.941 bits per heavy atom. The molecule has 0 aliphatic carbocycles. The van der Waals surface area contributed by atoms with Crippen LogP contribution in [0, 0.1) is 11.8 Å². The number of ketones is 1. The topological polar surface area (TPSA) is 107 Å². The van der Waals surface area contributed by atoms with Gasteiger partial charge in [-0.05, 0) is 42.2 Å². The summed E-state index contributed by atoms with van der Waals surface area (Å²) in [5.41, 5.74) is 0.642. The van der Waals surface area contributed by atoms with Crippen LogP contribution in [0.25, 0.3) is 10.8 Å². The Balaban J connectivity index is 1.72. The van der Waals surface area contributed by atoms with Crippen LogP contribution in [0.15, 0.2) is 53.3 Å². The zero-order chi connectivity index (χ0) is 24.8. The van der Waals surface area contributed by atoms with E-state index in [4.69, 9.17) is 4.74 Å². The van der Waals surface area contributed by atoms with Crippen molar-refractivity contribution in [2.45, 2.75) is 40.7 Å². The number of benzene rings is 2. The van der Waals surface area contributed by atoms with Crippen LogP contribution in [0.2, 0.25) is 0 Å². The second-order valence-electron chi connectivity index (χ2n) is 9.00. The molecule has 0 saturated heterocycles. The lowest BCUT2D eigenvalue weighted by molar-refractivity contribution is -0.116. The maximum atomic E-state index is 12.8. The van der Waals surface area contributed by atoms with Crippen LogP contribution in [0.1, 0.15) is 55.0 Å². The van der Waals surface area contributed by atoms with Crippen molar-refractivity contribution in [1.82, 2.24) is 9.78 Å². The first kappa shape index (κ1) is 24.8. The van der Waals surface area contributed by atoms with Gasteiger partial charge in [0.05, 0.1) is 5.39 Å². The van der Waals surface area contributed by atoms with Crippen LogP contribution in [0.4, 0.5) is 5.69 Å². The number of rotatable bonds is 9. The lowest BCUT2D eigenvalue weighted by atomic mass is 10.1. The third-order valence-corrected chi connectivity index (χ3v) is 5.02. The number of Topliss-reactive ketones (excluding diaryl/α,β-unsaturated/α-hetero) is 1. The van der Waals surface area contributed by atoms with Crippen molar-refractivity contribution in [1.29, 1.82) is 0 Å². The van der Waals surface area contributed by atoms with E-state index in [0.29, 0.717) is 35.0 Å². The maximum absolute atomic E-state index is 12.8. The second-order valence-corrected chi connectivity index (χ2v) is 9.00.